The average molecular weight is 320 g/mol. The summed E-state index contributed by atoms with van der Waals surface area (Å²) in [6, 6.07) is 0.445. The molecule has 1 N–H and O–H groups in total. The van der Waals surface area contributed by atoms with Gasteiger partial charge < -0.3 is 5.32 Å². The Bertz CT molecular complexity index is 436. The van der Waals surface area contributed by atoms with Crippen molar-refractivity contribution in [3.8, 4) is 0 Å². The lowest BCUT2D eigenvalue weighted by Gasteiger charge is -2.34. The summed E-state index contributed by atoms with van der Waals surface area (Å²) in [6.07, 6.45) is 0.940. The highest BCUT2D eigenvalue weighted by Crippen LogP contribution is 2.34. The molecule has 0 spiro atoms. The smallest absolute Gasteiger partial charge is 0.0847 e. The van der Waals surface area contributed by atoms with Crippen LogP contribution in [0.15, 0.2) is 0 Å². The number of thioether (sulfide) groups is 2. The molecule has 19 heavy (non-hydrogen) atoms. The van der Waals surface area contributed by atoms with E-state index in [1.54, 1.807) is 0 Å². The third-order valence-corrected chi connectivity index (χ3v) is 7.42. The fourth-order valence-corrected chi connectivity index (χ4v) is 5.82. The second-order valence-corrected chi connectivity index (χ2v) is 8.13. The molecule has 1 aromatic heterocycles. The van der Waals surface area contributed by atoms with Gasteiger partial charge in [0.15, 0.2) is 0 Å². The summed E-state index contributed by atoms with van der Waals surface area (Å²) < 4.78 is 1.92. The molecule has 108 valence electrons. The van der Waals surface area contributed by atoms with Crippen molar-refractivity contribution in [1.29, 1.82) is 0 Å². The molecule has 3 unspecified atom stereocenters. The van der Waals surface area contributed by atoms with Crippen molar-refractivity contribution >= 4 is 35.1 Å². The zero-order valence-corrected chi connectivity index (χ0v) is 14.3. The first-order valence-electron chi connectivity index (χ1n) is 6.63. The van der Waals surface area contributed by atoms with Gasteiger partial charge >= 0.3 is 0 Å². The molecular formula is C13H22ClN3S2. The molecule has 2 rings (SSSR count). The topological polar surface area (TPSA) is 29.9 Å². The summed E-state index contributed by atoms with van der Waals surface area (Å²) in [5.74, 6) is 2.51. The van der Waals surface area contributed by atoms with Gasteiger partial charge in [0.25, 0.3) is 0 Å². The van der Waals surface area contributed by atoms with Crippen LogP contribution in [0, 0.1) is 6.92 Å². The van der Waals surface area contributed by atoms with Crippen LogP contribution in [0.25, 0.3) is 0 Å². The fourth-order valence-electron chi connectivity index (χ4n) is 2.58. The summed E-state index contributed by atoms with van der Waals surface area (Å²) in [7, 11) is 4.03. The van der Waals surface area contributed by atoms with Crippen molar-refractivity contribution in [1.82, 2.24) is 15.1 Å². The normalized spacial score (nSPS) is 25.5. The summed E-state index contributed by atoms with van der Waals surface area (Å²) in [4.78, 5) is 0. The number of hydrogen-bond acceptors (Lipinski definition) is 4. The Morgan fingerprint density at radius 2 is 2.16 bits per heavy atom. The number of aryl methyl sites for hydroxylation is 2. The first kappa shape index (κ1) is 15.5. The van der Waals surface area contributed by atoms with E-state index >= 15 is 0 Å². The molecule has 0 amide bonds. The van der Waals surface area contributed by atoms with Crippen molar-refractivity contribution in [3.05, 3.63) is 16.4 Å². The quantitative estimate of drug-likeness (QED) is 0.924. The SMILES string of the molecule is CNC(Cc1c(Cl)c(C)nn1C)C1SCCSC1C. The van der Waals surface area contributed by atoms with Crippen molar-refractivity contribution in [3.63, 3.8) is 0 Å². The van der Waals surface area contributed by atoms with Crippen LogP contribution in [0.2, 0.25) is 5.02 Å². The van der Waals surface area contributed by atoms with Crippen LogP contribution in [0.4, 0.5) is 0 Å². The maximum absolute atomic E-state index is 6.37. The van der Waals surface area contributed by atoms with Gasteiger partial charge in [-0.15, -0.1) is 0 Å². The minimum Gasteiger partial charge on any atom is -0.315 e. The molecule has 6 heteroatoms. The molecule has 0 bridgehead atoms. The number of aromatic nitrogens is 2. The predicted molar refractivity (Wildman–Crippen MR) is 87.7 cm³/mol. The Morgan fingerprint density at radius 3 is 2.68 bits per heavy atom. The Labute approximate surface area is 129 Å². The highest BCUT2D eigenvalue weighted by atomic mass is 35.5. The molecule has 0 radical (unpaired) electrons. The van der Waals surface area contributed by atoms with Gasteiger partial charge in [-0.2, -0.15) is 28.6 Å². The highest BCUT2D eigenvalue weighted by Gasteiger charge is 2.30. The Morgan fingerprint density at radius 1 is 1.47 bits per heavy atom. The van der Waals surface area contributed by atoms with Crippen LogP contribution in [0.3, 0.4) is 0 Å². The molecule has 3 atom stereocenters. The minimum atomic E-state index is 0.445. The van der Waals surface area contributed by atoms with E-state index < -0.39 is 0 Å². The summed E-state index contributed by atoms with van der Waals surface area (Å²) in [5.41, 5.74) is 2.06. The third-order valence-electron chi connectivity index (χ3n) is 3.68. The lowest BCUT2D eigenvalue weighted by molar-refractivity contribution is 0.513. The van der Waals surface area contributed by atoms with Gasteiger partial charge in [-0.25, -0.2) is 0 Å². The number of rotatable bonds is 4. The molecular weight excluding hydrogens is 298 g/mol. The largest absolute Gasteiger partial charge is 0.315 e. The van der Waals surface area contributed by atoms with Crippen molar-refractivity contribution < 1.29 is 0 Å². The number of nitrogens with one attached hydrogen (secondary N) is 1. The molecule has 1 saturated heterocycles. The van der Waals surface area contributed by atoms with Gasteiger partial charge in [0, 0.05) is 41.5 Å². The molecule has 3 nitrogen and oxygen atoms in total. The van der Waals surface area contributed by atoms with Gasteiger partial charge in [-0.3, -0.25) is 4.68 Å². The lowest BCUT2D eigenvalue weighted by atomic mass is 10.1. The van der Waals surface area contributed by atoms with E-state index in [1.807, 2.05) is 25.7 Å². The van der Waals surface area contributed by atoms with Crippen molar-refractivity contribution in [2.24, 2.45) is 7.05 Å². The number of nitrogens with zero attached hydrogens (tertiary/aromatic N) is 2. The predicted octanol–water partition coefficient (Wildman–Crippen LogP) is 2.75. The molecule has 0 aliphatic carbocycles. The Balaban J connectivity index is 2.14. The summed E-state index contributed by atoms with van der Waals surface area (Å²) in [6.45, 7) is 4.30. The maximum atomic E-state index is 6.37. The standard InChI is InChI=1S/C13H22ClN3S2/c1-8-12(14)11(17(4)16-8)7-10(15-3)13-9(2)18-5-6-19-13/h9-10,13,15H,5-7H2,1-4H3. The molecule has 0 saturated carbocycles. The summed E-state index contributed by atoms with van der Waals surface area (Å²) >= 11 is 10.5. The van der Waals surface area contributed by atoms with Crippen LogP contribution >= 0.6 is 35.1 Å². The van der Waals surface area contributed by atoms with Gasteiger partial charge in [0.2, 0.25) is 0 Å². The number of hydrogen-bond donors (Lipinski definition) is 1. The van der Waals surface area contributed by atoms with Crippen LogP contribution in [0.5, 0.6) is 0 Å². The van der Waals surface area contributed by atoms with E-state index in [0.717, 1.165) is 22.8 Å². The van der Waals surface area contributed by atoms with E-state index in [4.69, 9.17) is 11.6 Å². The maximum Gasteiger partial charge on any atom is 0.0847 e. The third kappa shape index (κ3) is 3.43. The number of halogens is 1. The lowest BCUT2D eigenvalue weighted by Crippen LogP contribution is -2.44. The molecule has 1 aliphatic heterocycles. The van der Waals surface area contributed by atoms with Crippen LogP contribution in [0.1, 0.15) is 18.3 Å². The monoisotopic (exact) mass is 319 g/mol. The zero-order valence-electron chi connectivity index (χ0n) is 11.9. The first-order valence-corrected chi connectivity index (χ1v) is 9.10. The highest BCUT2D eigenvalue weighted by molar-refractivity contribution is 8.07. The fraction of sp³-hybridized carbons (Fsp3) is 0.769. The van der Waals surface area contributed by atoms with E-state index in [9.17, 15) is 0 Å². The van der Waals surface area contributed by atoms with Crippen molar-refractivity contribution in [2.45, 2.75) is 36.8 Å². The second-order valence-electron chi connectivity index (χ2n) is 4.98. The van der Waals surface area contributed by atoms with Crippen LogP contribution in [-0.2, 0) is 13.5 Å². The van der Waals surface area contributed by atoms with Crippen LogP contribution in [-0.4, -0.2) is 44.9 Å². The van der Waals surface area contributed by atoms with Gasteiger partial charge in [0.05, 0.1) is 16.4 Å². The van der Waals surface area contributed by atoms with Crippen LogP contribution < -0.4 is 5.32 Å². The van der Waals surface area contributed by atoms with Gasteiger partial charge in [-0.05, 0) is 14.0 Å². The minimum absolute atomic E-state index is 0.445. The van der Waals surface area contributed by atoms with E-state index in [1.165, 1.54) is 11.5 Å². The molecule has 0 aromatic carbocycles. The molecule has 1 aliphatic rings. The molecule has 1 aromatic rings. The van der Waals surface area contributed by atoms with E-state index in [-0.39, 0.29) is 0 Å². The molecule has 2 heterocycles. The Hall–Kier alpha value is 0.160. The average Bonchev–Trinajstić information content (AvgIpc) is 2.63. The number of likely N-dealkylation sites (N-methyl/N-ethyl adjacent to an activating group) is 1. The zero-order chi connectivity index (χ0) is 14.0. The van der Waals surface area contributed by atoms with E-state index in [2.05, 4.69) is 40.9 Å². The summed E-state index contributed by atoms with van der Waals surface area (Å²) in [5, 5.41) is 10.0. The van der Waals surface area contributed by atoms with Crippen molar-refractivity contribution in [2.75, 3.05) is 18.6 Å². The Kier molecular flexibility index (Phi) is 5.52. The second kappa shape index (κ2) is 6.74. The first-order chi connectivity index (χ1) is 9.04. The van der Waals surface area contributed by atoms with Gasteiger partial charge in [-0.1, -0.05) is 18.5 Å². The van der Waals surface area contributed by atoms with E-state index in [0.29, 0.717) is 16.5 Å². The van der Waals surface area contributed by atoms with Gasteiger partial charge in [0.1, 0.15) is 0 Å². The molecule has 1 fully saturated rings.